The SMILES string of the molecule is Cc1ccc(C(=O)Nc2ccc(F)c(C(N)=NO)c2)s1. The molecule has 0 aliphatic rings. The van der Waals surface area contributed by atoms with Crippen LogP contribution in [0.5, 0.6) is 0 Å². The molecule has 1 amide bonds. The van der Waals surface area contributed by atoms with Crippen molar-refractivity contribution < 1.29 is 14.4 Å². The van der Waals surface area contributed by atoms with Gasteiger partial charge in [-0.15, -0.1) is 11.3 Å². The zero-order chi connectivity index (χ0) is 14.7. The number of nitrogens with two attached hydrogens (primary N) is 1. The lowest BCUT2D eigenvalue weighted by molar-refractivity contribution is 0.103. The number of oxime groups is 1. The molecule has 0 radical (unpaired) electrons. The number of amidine groups is 1. The molecule has 0 aliphatic heterocycles. The van der Waals surface area contributed by atoms with E-state index in [1.807, 2.05) is 13.0 Å². The highest BCUT2D eigenvalue weighted by atomic mass is 32.1. The summed E-state index contributed by atoms with van der Waals surface area (Å²) in [6.45, 7) is 1.90. The van der Waals surface area contributed by atoms with Crippen molar-refractivity contribution in [1.82, 2.24) is 0 Å². The van der Waals surface area contributed by atoms with Crippen LogP contribution in [0.3, 0.4) is 0 Å². The third kappa shape index (κ3) is 2.94. The van der Waals surface area contributed by atoms with E-state index in [-0.39, 0.29) is 17.3 Å². The zero-order valence-electron chi connectivity index (χ0n) is 10.6. The summed E-state index contributed by atoms with van der Waals surface area (Å²) in [5.41, 5.74) is 5.65. The van der Waals surface area contributed by atoms with Crippen LogP contribution < -0.4 is 11.1 Å². The third-order valence-electron chi connectivity index (χ3n) is 2.57. The van der Waals surface area contributed by atoms with E-state index in [1.54, 1.807) is 6.07 Å². The van der Waals surface area contributed by atoms with Crippen molar-refractivity contribution in [3.8, 4) is 0 Å². The van der Waals surface area contributed by atoms with Gasteiger partial charge in [0.2, 0.25) is 0 Å². The highest BCUT2D eigenvalue weighted by Crippen LogP contribution is 2.19. The van der Waals surface area contributed by atoms with Gasteiger partial charge in [0.15, 0.2) is 5.84 Å². The fraction of sp³-hybridized carbons (Fsp3) is 0.0769. The summed E-state index contributed by atoms with van der Waals surface area (Å²) in [4.78, 5) is 13.5. The van der Waals surface area contributed by atoms with Crippen LogP contribution in [0.25, 0.3) is 0 Å². The largest absolute Gasteiger partial charge is 0.409 e. The molecule has 0 fully saturated rings. The molecular weight excluding hydrogens is 281 g/mol. The molecule has 2 rings (SSSR count). The van der Waals surface area contributed by atoms with Crippen LogP contribution in [0.2, 0.25) is 0 Å². The maximum absolute atomic E-state index is 13.5. The summed E-state index contributed by atoms with van der Waals surface area (Å²) < 4.78 is 13.5. The fourth-order valence-corrected chi connectivity index (χ4v) is 2.37. The third-order valence-corrected chi connectivity index (χ3v) is 3.57. The molecule has 0 bridgehead atoms. The average Bonchev–Trinajstić information content (AvgIpc) is 2.87. The summed E-state index contributed by atoms with van der Waals surface area (Å²) in [6.07, 6.45) is 0. The molecule has 7 heteroatoms. The van der Waals surface area contributed by atoms with Gasteiger partial charge in [0, 0.05) is 10.6 Å². The number of nitrogens with zero attached hydrogens (tertiary/aromatic N) is 1. The second kappa shape index (κ2) is 5.70. The molecule has 1 aromatic heterocycles. The first-order chi connectivity index (χ1) is 9.51. The minimum absolute atomic E-state index is 0.0762. The van der Waals surface area contributed by atoms with Gasteiger partial charge in [0.05, 0.1) is 10.4 Å². The summed E-state index contributed by atoms with van der Waals surface area (Å²) in [5.74, 6) is -1.28. The van der Waals surface area contributed by atoms with Gasteiger partial charge in [0.1, 0.15) is 5.82 Å². The number of halogens is 1. The Morgan fingerprint density at radius 3 is 2.75 bits per heavy atom. The number of carbonyl (C=O) groups excluding carboxylic acids is 1. The quantitative estimate of drug-likeness (QED) is 0.352. The monoisotopic (exact) mass is 293 g/mol. The van der Waals surface area contributed by atoms with Crippen molar-refractivity contribution in [2.45, 2.75) is 6.92 Å². The topological polar surface area (TPSA) is 87.7 Å². The highest BCUT2D eigenvalue weighted by Gasteiger charge is 2.12. The molecule has 104 valence electrons. The number of benzene rings is 1. The van der Waals surface area contributed by atoms with Gasteiger partial charge >= 0.3 is 0 Å². The number of hydrogen-bond donors (Lipinski definition) is 3. The van der Waals surface area contributed by atoms with E-state index in [9.17, 15) is 9.18 Å². The van der Waals surface area contributed by atoms with Crippen LogP contribution in [-0.2, 0) is 0 Å². The van der Waals surface area contributed by atoms with Crippen molar-refractivity contribution in [2.75, 3.05) is 5.32 Å². The Morgan fingerprint density at radius 1 is 1.40 bits per heavy atom. The lowest BCUT2D eigenvalue weighted by atomic mass is 10.1. The molecule has 0 atom stereocenters. The normalized spacial score (nSPS) is 11.4. The Kier molecular flexibility index (Phi) is 3.99. The first kappa shape index (κ1) is 14.0. The molecule has 0 aliphatic carbocycles. The molecule has 0 saturated heterocycles. The van der Waals surface area contributed by atoms with E-state index in [4.69, 9.17) is 10.9 Å². The lowest BCUT2D eigenvalue weighted by Gasteiger charge is -2.07. The van der Waals surface area contributed by atoms with Crippen molar-refractivity contribution in [2.24, 2.45) is 10.9 Å². The van der Waals surface area contributed by atoms with E-state index in [0.29, 0.717) is 10.6 Å². The van der Waals surface area contributed by atoms with Crippen LogP contribution in [0.4, 0.5) is 10.1 Å². The predicted molar refractivity (Wildman–Crippen MR) is 75.9 cm³/mol. The molecule has 0 saturated carbocycles. The van der Waals surface area contributed by atoms with Gasteiger partial charge in [-0.1, -0.05) is 5.16 Å². The molecule has 1 heterocycles. The zero-order valence-corrected chi connectivity index (χ0v) is 11.4. The van der Waals surface area contributed by atoms with E-state index < -0.39 is 5.82 Å². The van der Waals surface area contributed by atoms with Crippen LogP contribution in [0.1, 0.15) is 20.1 Å². The fourth-order valence-electron chi connectivity index (χ4n) is 1.60. The number of aryl methyl sites for hydroxylation is 1. The predicted octanol–water partition coefficient (Wildman–Crippen LogP) is 2.54. The van der Waals surface area contributed by atoms with Crippen LogP contribution in [-0.4, -0.2) is 17.0 Å². The maximum Gasteiger partial charge on any atom is 0.265 e. The minimum atomic E-state index is -0.634. The number of anilines is 1. The molecule has 0 spiro atoms. The Morgan fingerprint density at radius 2 is 2.15 bits per heavy atom. The van der Waals surface area contributed by atoms with Gasteiger partial charge in [-0.2, -0.15) is 0 Å². The standard InChI is InChI=1S/C13H12FN3O2S/c1-7-2-5-11(20-7)13(18)16-8-3-4-10(14)9(6-8)12(15)17-19/h2-6,19H,1H3,(H2,15,17)(H,16,18). The Bertz CT molecular complexity index is 682. The second-order valence-electron chi connectivity index (χ2n) is 4.04. The Balaban J connectivity index is 2.24. The smallest absolute Gasteiger partial charge is 0.265 e. The Labute approximate surface area is 118 Å². The minimum Gasteiger partial charge on any atom is -0.409 e. The maximum atomic E-state index is 13.5. The summed E-state index contributed by atoms with van der Waals surface area (Å²) in [6, 6.07) is 7.41. The van der Waals surface area contributed by atoms with E-state index in [2.05, 4.69) is 10.5 Å². The molecule has 0 unspecified atom stereocenters. The van der Waals surface area contributed by atoms with Gasteiger partial charge in [-0.3, -0.25) is 4.79 Å². The Hall–Kier alpha value is -2.41. The van der Waals surface area contributed by atoms with Crippen LogP contribution in [0, 0.1) is 12.7 Å². The molecule has 1 aromatic carbocycles. The number of thiophene rings is 1. The van der Waals surface area contributed by atoms with Crippen molar-refractivity contribution >= 4 is 28.8 Å². The van der Waals surface area contributed by atoms with Crippen molar-refractivity contribution in [1.29, 1.82) is 0 Å². The molecule has 20 heavy (non-hydrogen) atoms. The van der Waals surface area contributed by atoms with E-state index in [1.165, 1.54) is 23.5 Å². The lowest BCUT2D eigenvalue weighted by Crippen LogP contribution is -2.16. The summed E-state index contributed by atoms with van der Waals surface area (Å²) in [5, 5.41) is 14.0. The molecular formula is C13H12FN3O2S. The van der Waals surface area contributed by atoms with Gasteiger partial charge in [-0.05, 0) is 37.3 Å². The highest BCUT2D eigenvalue weighted by molar-refractivity contribution is 7.14. The van der Waals surface area contributed by atoms with Crippen LogP contribution >= 0.6 is 11.3 Å². The molecule has 5 nitrogen and oxygen atoms in total. The van der Waals surface area contributed by atoms with Gasteiger partial charge in [0.25, 0.3) is 5.91 Å². The van der Waals surface area contributed by atoms with E-state index >= 15 is 0 Å². The summed E-state index contributed by atoms with van der Waals surface area (Å²) >= 11 is 1.36. The van der Waals surface area contributed by atoms with Crippen LogP contribution in [0.15, 0.2) is 35.5 Å². The molecule has 2 aromatic rings. The van der Waals surface area contributed by atoms with E-state index in [0.717, 1.165) is 10.9 Å². The van der Waals surface area contributed by atoms with Crippen molar-refractivity contribution in [3.05, 3.63) is 51.5 Å². The number of carbonyl (C=O) groups is 1. The number of nitrogens with one attached hydrogen (secondary N) is 1. The molecule has 4 N–H and O–H groups in total. The van der Waals surface area contributed by atoms with Crippen molar-refractivity contribution in [3.63, 3.8) is 0 Å². The van der Waals surface area contributed by atoms with Gasteiger partial charge < -0.3 is 16.3 Å². The number of rotatable bonds is 3. The van der Waals surface area contributed by atoms with Gasteiger partial charge in [-0.25, -0.2) is 4.39 Å². The first-order valence-corrected chi connectivity index (χ1v) is 6.48. The average molecular weight is 293 g/mol. The number of amides is 1. The number of hydrogen-bond acceptors (Lipinski definition) is 4. The summed E-state index contributed by atoms with van der Waals surface area (Å²) in [7, 11) is 0. The first-order valence-electron chi connectivity index (χ1n) is 5.66. The second-order valence-corrected chi connectivity index (χ2v) is 5.33.